The van der Waals surface area contributed by atoms with Gasteiger partial charge in [-0.05, 0) is 24.3 Å². The number of hydrogen-bond acceptors (Lipinski definition) is 6. The summed E-state index contributed by atoms with van der Waals surface area (Å²) in [5.74, 6) is 6.11. The monoisotopic (exact) mass is 284 g/mol. The molecule has 0 spiro atoms. The van der Waals surface area contributed by atoms with Crippen LogP contribution in [-0.2, 0) is 0 Å². The minimum Gasteiger partial charge on any atom is -0.436 e. The van der Waals surface area contributed by atoms with Gasteiger partial charge in [-0.15, -0.1) is 0 Å². The molecular formula is C13H12N6O2. The van der Waals surface area contributed by atoms with Gasteiger partial charge in [-0.3, -0.25) is 9.20 Å². The van der Waals surface area contributed by atoms with Crippen LogP contribution in [-0.4, -0.2) is 20.3 Å². The Kier molecular flexibility index (Phi) is 3.13. The molecule has 3 aromatic rings. The normalized spacial score (nSPS) is 10.5. The molecule has 0 radical (unpaired) electrons. The first-order valence-corrected chi connectivity index (χ1v) is 6.05. The number of rotatable bonds is 4. The van der Waals surface area contributed by atoms with E-state index in [-0.39, 0.29) is 0 Å². The number of imidazole rings is 1. The number of fused-ring (bicyclic) bond motifs is 1. The van der Waals surface area contributed by atoms with Gasteiger partial charge in [0.1, 0.15) is 5.75 Å². The lowest BCUT2D eigenvalue weighted by atomic mass is 10.2. The maximum atomic E-state index is 11.0. The number of carbonyl (C=O) groups excluding carboxylic acids is 1. The highest BCUT2D eigenvalue weighted by molar-refractivity contribution is 5.92. The number of hydrogen-bond donors (Lipinski definition) is 3. The average molecular weight is 284 g/mol. The topological polar surface area (TPSA) is 121 Å². The standard InChI is InChI=1S/C13H12N6O2/c14-11(20)8-1-3-9(4-2-8)21-13-12-16-5-6-19(12)7-10(17-13)18-15/h1-7,18H,15H2,(H2,14,20). The van der Waals surface area contributed by atoms with Crippen molar-refractivity contribution >= 4 is 17.4 Å². The second kappa shape index (κ2) is 5.10. The number of primary amides is 1. The molecule has 3 rings (SSSR count). The van der Waals surface area contributed by atoms with Gasteiger partial charge in [-0.25, -0.2) is 10.8 Å². The second-order valence-electron chi connectivity index (χ2n) is 4.22. The highest BCUT2D eigenvalue weighted by Crippen LogP contribution is 2.25. The van der Waals surface area contributed by atoms with Crippen LogP contribution in [0.2, 0.25) is 0 Å². The summed E-state index contributed by atoms with van der Waals surface area (Å²) < 4.78 is 7.42. The van der Waals surface area contributed by atoms with Crippen LogP contribution in [0.4, 0.5) is 5.82 Å². The Balaban J connectivity index is 1.97. The van der Waals surface area contributed by atoms with Crippen LogP contribution in [0.1, 0.15) is 10.4 Å². The number of benzene rings is 1. The lowest BCUT2D eigenvalue weighted by Gasteiger charge is -2.08. The van der Waals surface area contributed by atoms with E-state index in [0.717, 1.165) is 0 Å². The first-order chi connectivity index (χ1) is 10.2. The highest BCUT2D eigenvalue weighted by atomic mass is 16.5. The molecule has 0 saturated carbocycles. The van der Waals surface area contributed by atoms with Gasteiger partial charge < -0.3 is 15.9 Å². The molecule has 0 bridgehead atoms. The Labute approximate surface area is 119 Å². The summed E-state index contributed by atoms with van der Waals surface area (Å²) in [6.07, 6.45) is 5.06. The summed E-state index contributed by atoms with van der Waals surface area (Å²) in [6.45, 7) is 0. The molecule has 0 unspecified atom stereocenters. The van der Waals surface area contributed by atoms with E-state index in [0.29, 0.717) is 28.7 Å². The fourth-order valence-corrected chi connectivity index (χ4v) is 1.84. The first-order valence-electron chi connectivity index (χ1n) is 6.05. The number of hydrazine groups is 1. The van der Waals surface area contributed by atoms with Crippen LogP contribution in [0.5, 0.6) is 11.6 Å². The Bertz CT molecular complexity index is 796. The van der Waals surface area contributed by atoms with E-state index in [2.05, 4.69) is 15.4 Å². The fourth-order valence-electron chi connectivity index (χ4n) is 1.84. The van der Waals surface area contributed by atoms with E-state index in [1.807, 2.05) is 0 Å². The fraction of sp³-hybridized carbons (Fsp3) is 0. The predicted octanol–water partition coefficient (Wildman–Crippen LogP) is 0.906. The third kappa shape index (κ3) is 2.47. The van der Waals surface area contributed by atoms with Crippen LogP contribution < -0.4 is 21.7 Å². The molecule has 5 N–H and O–H groups in total. The number of nitrogens with one attached hydrogen (secondary N) is 1. The van der Waals surface area contributed by atoms with E-state index in [1.54, 1.807) is 47.3 Å². The number of ether oxygens (including phenoxy) is 1. The molecule has 1 aromatic carbocycles. The molecule has 0 atom stereocenters. The molecule has 2 heterocycles. The molecular weight excluding hydrogens is 272 g/mol. The number of anilines is 1. The summed E-state index contributed by atoms with van der Waals surface area (Å²) >= 11 is 0. The highest BCUT2D eigenvalue weighted by Gasteiger charge is 2.10. The molecule has 8 heteroatoms. The molecule has 0 aliphatic rings. The van der Waals surface area contributed by atoms with Gasteiger partial charge in [0, 0.05) is 18.0 Å². The lowest BCUT2D eigenvalue weighted by Crippen LogP contribution is -2.11. The van der Waals surface area contributed by atoms with Gasteiger partial charge in [0.25, 0.3) is 5.88 Å². The summed E-state index contributed by atoms with van der Waals surface area (Å²) in [7, 11) is 0. The van der Waals surface area contributed by atoms with Crippen LogP contribution in [0.3, 0.4) is 0 Å². The van der Waals surface area contributed by atoms with Gasteiger partial charge >= 0.3 is 0 Å². The molecule has 21 heavy (non-hydrogen) atoms. The molecule has 0 aliphatic heterocycles. The number of aromatic nitrogens is 3. The Hall–Kier alpha value is -3.13. The van der Waals surface area contributed by atoms with Gasteiger partial charge in [0.05, 0.1) is 6.20 Å². The predicted molar refractivity (Wildman–Crippen MR) is 75.8 cm³/mol. The number of amides is 1. The van der Waals surface area contributed by atoms with Crippen molar-refractivity contribution in [1.82, 2.24) is 14.4 Å². The van der Waals surface area contributed by atoms with Crippen molar-refractivity contribution in [2.75, 3.05) is 5.43 Å². The molecule has 2 aromatic heterocycles. The summed E-state index contributed by atoms with van der Waals surface area (Å²) in [6, 6.07) is 6.41. The van der Waals surface area contributed by atoms with Crippen molar-refractivity contribution in [2.45, 2.75) is 0 Å². The average Bonchev–Trinajstić information content (AvgIpc) is 2.96. The van der Waals surface area contributed by atoms with Gasteiger partial charge in [0.15, 0.2) is 5.82 Å². The molecule has 8 nitrogen and oxygen atoms in total. The minimum absolute atomic E-state index is 0.294. The summed E-state index contributed by atoms with van der Waals surface area (Å²) in [5, 5.41) is 0. The Morgan fingerprint density at radius 3 is 2.71 bits per heavy atom. The second-order valence-corrected chi connectivity index (χ2v) is 4.22. The smallest absolute Gasteiger partial charge is 0.265 e. The zero-order chi connectivity index (χ0) is 14.8. The Morgan fingerprint density at radius 1 is 1.29 bits per heavy atom. The van der Waals surface area contributed by atoms with Crippen molar-refractivity contribution in [3.63, 3.8) is 0 Å². The van der Waals surface area contributed by atoms with Crippen LogP contribution in [0, 0.1) is 0 Å². The molecule has 0 fully saturated rings. The van der Waals surface area contributed by atoms with Crippen LogP contribution in [0.25, 0.3) is 5.65 Å². The van der Waals surface area contributed by atoms with Crippen LogP contribution in [0.15, 0.2) is 42.9 Å². The van der Waals surface area contributed by atoms with Crippen molar-refractivity contribution in [2.24, 2.45) is 11.6 Å². The van der Waals surface area contributed by atoms with Gasteiger partial charge in [-0.2, -0.15) is 4.98 Å². The molecule has 0 aliphatic carbocycles. The number of nitrogen functional groups attached to an aromatic ring is 1. The first kappa shape index (κ1) is 12.9. The number of nitrogens with zero attached hydrogens (tertiary/aromatic N) is 3. The van der Waals surface area contributed by atoms with Crippen molar-refractivity contribution in [3.8, 4) is 11.6 Å². The maximum absolute atomic E-state index is 11.0. The third-order valence-corrected chi connectivity index (χ3v) is 2.84. The number of carbonyl (C=O) groups is 1. The van der Waals surface area contributed by atoms with E-state index in [4.69, 9.17) is 16.3 Å². The van der Waals surface area contributed by atoms with Crippen molar-refractivity contribution in [3.05, 3.63) is 48.4 Å². The Morgan fingerprint density at radius 2 is 2.05 bits per heavy atom. The SMILES string of the molecule is NNc1cn2ccnc2c(Oc2ccc(C(N)=O)cc2)n1. The minimum atomic E-state index is -0.496. The zero-order valence-electron chi connectivity index (χ0n) is 10.9. The van der Waals surface area contributed by atoms with Crippen molar-refractivity contribution < 1.29 is 9.53 Å². The van der Waals surface area contributed by atoms with E-state index in [9.17, 15) is 4.79 Å². The van der Waals surface area contributed by atoms with E-state index in [1.165, 1.54) is 0 Å². The van der Waals surface area contributed by atoms with Crippen LogP contribution >= 0.6 is 0 Å². The zero-order valence-corrected chi connectivity index (χ0v) is 10.9. The summed E-state index contributed by atoms with van der Waals surface area (Å²) in [5.41, 5.74) is 8.60. The lowest BCUT2D eigenvalue weighted by molar-refractivity contribution is 0.100. The number of nitrogens with two attached hydrogens (primary N) is 2. The van der Waals surface area contributed by atoms with Gasteiger partial charge in [-0.1, -0.05) is 0 Å². The maximum Gasteiger partial charge on any atom is 0.265 e. The third-order valence-electron chi connectivity index (χ3n) is 2.84. The summed E-state index contributed by atoms with van der Waals surface area (Å²) in [4.78, 5) is 19.4. The largest absolute Gasteiger partial charge is 0.436 e. The molecule has 0 saturated heterocycles. The molecule has 106 valence electrons. The molecule has 1 amide bonds. The van der Waals surface area contributed by atoms with Gasteiger partial charge in [0.2, 0.25) is 11.6 Å². The van der Waals surface area contributed by atoms with E-state index >= 15 is 0 Å². The van der Waals surface area contributed by atoms with E-state index < -0.39 is 5.91 Å². The van der Waals surface area contributed by atoms with Crippen molar-refractivity contribution in [1.29, 1.82) is 0 Å². The quantitative estimate of drug-likeness (QED) is 0.483.